The van der Waals surface area contributed by atoms with Crippen LogP contribution in [-0.2, 0) is 17.4 Å². The topological polar surface area (TPSA) is 49.3 Å². The van der Waals surface area contributed by atoms with Gasteiger partial charge in [-0.15, -0.1) is 0 Å². The van der Waals surface area contributed by atoms with Crippen molar-refractivity contribution in [2.75, 3.05) is 13.2 Å². The summed E-state index contributed by atoms with van der Waals surface area (Å²) >= 11 is 0. The first-order chi connectivity index (χ1) is 10.1. The zero-order chi connectivity index (χ0) is 16.8. The van der Waals surface area contributed by atoms with Gasteiger partial charge in [-0.3, -0.25) is 4.79 Å². The molecule has 1 amide bonds. The summed E-state index contributed by atoms with van der Waals surface area (Å²) in [4.78, 5) is 11.7. The van der Waals surface area contributed by atoms with Crippen LogP contribution in [0.1, 0.15) is 37.8 Å². The van der Waals surface area contributed by atoms with Gasteiger partial charge in [-0.2, -0.15) is 13.2 Å². The van der Waals surface area contributed by atoms with Crippen LogP contribution < -0.4 is 5.32 Å². The monoisotopic (exact) mass is 317 g/mol. The zero-order valence-electron chi connectivity index (χ0n) is 12.8. The fourth-order valence-corrected chi connectivity index (χ4v) is 1.94. The fourth-order valence-electron chi connectivity index (χ4n) is 1.94. The molecule has 0 atom stereocenters. The Morgan fingerprint density at radius 1 is 1.18 bits per heavy atom. The maximum absolute atomic E-state index is 12.4. The number of nitrogens with one attached hydrogen (secondary N) is 1. The Balaban J connectivity index is 2.41. The van der Waals surface area contributed by atoms with Crippen LogP contribution in [0.15, 0.2) is 24.3 Å². The Morgan fingerprint density at radius 3 is 2.27 bits per heavy atom. The number of carbonyl (C=O) groups excluding carboxylic acids is 1. The number of rotatable bonds is 7. The molecule has 0 heterocycles. The van der Waals surface area contributed by atoms with Gasteiger partial charge in [-0.1, -0.05) is 26.0 Å². The van der Waals surface area contributed by atoms with Gasteiger partial charge in [-0.25, -0.2) is 0 Å². The van der Waals surface area contributed by atoms with Crippen LogP contribution in [-0.4, -0.2) is 24.2 Å². The Bertz CT molecular complexity index is 481. The van der Waals surface area contributed by atoms with Crippen molar-refractivity contribution in [2.24, 2.45) is 5.41 Å². The minimum absolute atomic E-state index is 0.0639. The number of hydrogen-bond acceptors (Lipinski definition) is 2. The summed E-state index contributed by atoms with van der Waals surface area (Å²) in [6, 6.07) is 4.84. The number of aliphatic hydroxyl groups is 1. The number of halogens is 3. The first-order valence-corrected chi connectivity index (χ1v) is 7.18. The minimum atomic E-state index is -4.34. The van der Waals surface area contributed by atoms with E-state index in [1.165, 1.54) is 12.1 Å². The van der Waals surface area contributed by atoms with Crippen LogP contribution in [0.3, 0.4) is 0 Å². The SMILES string of the molecule is CC(C)(CCO)CNC(=O)CCc1ccc(C(F)(F)F)cc1. The molecule has 0 radical (unpaired) electrons. The summed E-state index contributed by atoms with van der Waals surface area (Å²) < 4.78 is 37.3. The lowest BCUT2D eigenvalue weighted by molar-refractivity contribution is -0.137. The minimum Gasteiger partial charge on any atom is -0.396 e. The Hall–Kier alpha value is -1.56. The predicted molar refractivity (Wildman–Crippen MR) is 78.3 cm³/mol. The molecule has 0 aliphatic heterocycles. The first kappa shape index (κ1) is 18.5. The fraction of sp³-hybridized carbons (Fsp3) is 0.562. The van der Waals surface area contributed by atoms with E-state index < -0.39 is 11.7 Å². The van der Waals surface area contributed by atoms with Gasteiger partial charge >= 0.3 is 6.18 Å². The molecule has 0 aromatic heterocycles. The van der Waals surface area contributed by atoms with E-state index in [1.54, 1.807) is 0 Å². The predicted octanol–water partition coefficient (Wildman–Crippen LogP) is 3.16. The van der Waals surface area contributed by atoms with Crippen LogP contribution in [0.5, 0.6) is 0 Å². The standard InChI is InChI=1S/C16H22F3NO2/c1-15(2,9-10-21)11-20-14(22)8-5-12-3-6-13(7-4-12)16(17,18)19/h3-4,6-7,21H,5,8-11H2,1-2H3,(H,20,22). The summed E-state index contributed by atoms with van der Waals surface area (Å²) in [5.74, 6) is -0.147. The molecule has 1 rings (SSSR count). The molecule has 1 aromatic carbocycles. The van der Waals surface area contributed by atoms with E-state index in [-0.39, 0.29) is 24.3 Å². The van der Waals surface area contributed by atoms with E-state index in [2.05, 4.69) is 5.32 Å². The van der Waals surface area contributed by atoms with Crippen molar-refractivity contribution in [1.82, 2.24) is 5.32 Å². The average Bonchev–Trinajstić information content (AvgIpc) is 2.42. The third kappa shape index (κ3) is 6.47. The second-order valence-corrected chi connectivity index (χ2v) is 6.11. The normalized spacial score (nSPS) is 12.3. The molecule has 0 fully saturated rings. The van der Waals surface area contributed by atoms with Crippen LogP contribution in [0.25, 0.3) is 0 Å². The smallest absolute Gasteiger partial charge is 0.396 e. The molecule has 0 saturated heterocycles. The van der Waals surface area contributed by atoms with E-state index in [0.29, 0.717) is 24.9 Å². The average molecular weight is 317 g/mol. The van der Waals surface area contributed by atoms with E-state index in [9.17, 15) is 18.0 Å². The van der Waals surface area contributed by atoms with Gasteiger partial charge in [0.25, 0.3) is 0 Å². The number of alkyl halides is 3. The highest BCUT2D eigenvalue weighted by atomic mass is 19.4. The molecule has 2 N–H and O–H groups in total. The molecule has 0 spiro atoms. The van der Waals surface area contributed by atoms with Crippen molar-refractivity contribution in [1.29, 1.82) is 0 Å². The van der Waals surface area contributed by atoms with Gasteiger partial charge in [0.1, 0.15) is 0 Å². The molecule has 124 valence electrons. The van der Waals surface area contributed by atoms with Gasteiger partial charge in [0.2, 0.25) is 5.91 Å². The number of carbonyl (C=O) groups is 1. The lowest BCUT2D eigenvalue weighted by Gasteiger charge is -2.23. The Kier molecular flexibility index (Phi) is 6.41. The van der Waals surface area contributed by atoms with E-state index >= 15 is 0 Å². The molecule has 22 heavy (non-hydrogen) atoms. The number of amides is 1. The van der Waals surface area contributed by atoms with Crippen molar-refractivity contribution in [3.05, 3.63) is 35.4 Å². The summed E-state index contributed by atoms with van der Waals surface area (Å²) in [5.41, 5.74) is -0.178. The van der Waals surface area contributed by atoms with Crippen LogP contribution in [0.2, 0.25) is 0 Å². The summed E-state index contributed by atoms with van der Waals surface area (Å²) in [7, 11) is 0. The molecule has 3 nitrogen and oxygen atoms in total. The first-order valence-electron chi connectivity index (χ1n) is 7.18. The lowest BCUT2D eigenvalue weighted by Crippen LogP contribution is -2.34. The quantitative estimate of drug-likeness (QED) is 0.811. The molecule has 6 heteroatoms. The largest absolute Gasteiger partial charge is 0.416 e. The van der Waals surface area contributed by atoms with Gasteiger partial charge < -0.3 is 10.4 Å². The van der Waals surface area contributed by atoms with Gasteiger partial charge in [0.05, 0.1) is 5.56 Å². The lowest BCUT2D eigenvalue weighted by atomic mass is 9.90. The third-order valence-corrected chi connectivity index (χ3v) is 3.47. The van der Waals surface area contributed by atoms with E-state index in [0.717, 1.165) is 12.1 Å². The van der Waals surface area contributed by atoms with Crippen LogP contribution in [0, 0.1) is 5.41 Å². The van der Waals surface area contributed by atoms with E-state index in [4.69, 9.17) is 5.11 Å². The van der Waals surface area contributed by atoms with Crippen molar-refractivity contribution in [2.45, 2.75) is 39.3 Å². The number of aliphatic hydroxyl groups excluding tert-OH is 1. The number of aryl methyl sites for hydroxylation is 1. The summed E-state index contributed by atoms with van der Waals surface area (Å²) in [5, 5.41) is 11.7. The van der Waals surface area contributed by atoms with Crippen molar-refractivity contribution < 1.29 is 23.1 Å². The Labute approximate surface area is 128 Å². The maximum Gasteiger partial charge on any atom is 0.416 e. The molecule has 0 aliphatic carbocycles. The molecule has 0 saturated carbocycles. The Morgan fingerprint density at radius 2 is 1.77 bits per heavy atom. The summed E-state index contributed by atoms with van der Waals surface area (Å²) in [6.07, 6.45) is -3.13. The second-order valence-electron chi connectivity index (χ2n) is 6.11. The summed E-state index contributed by atoms with van der Waals surface area (Å²) in [6.45, 7) is 4.41. The zero-order valence-corrected chi connectivity index (χ0v) is 12.8. The highest BCUT2D eigenvalue weighted by Crippen LogP contribution is 2.29. The molecule has 0 aliphatic rings. The van der Waals surface area contributed by atoms with Crippen LogP contribution >= 0.6 is 0 Å². The number of hydrogen-bond donors (Lipinski definition) is 2. The highest BCUT2D eigenvalue weighted by molar-refractivity contribution is 5.76. The van der Waals surface area contributed by atoms with E-state index in [1.807, 2.05) is 13.8 Å². The van der Waals surface area contributed by atoms with Crippen molar-refractivity contribution in [3.63, 3.8) is 0 Å². The molecule has 1 aromatic rings. The maximum atomic E-state index is 12.4. The van der Waals surface area contributed by atoms with Gasteiger partial charge in [0, 0.05) is 19.6 Å². The van der Waals surface area contributed by atoms with Crippen LogP contribution in [0.4, 0.5) is 13.2 Å². The van der Waals surface area contributed by atoms with Gasteiger partial charge in [0.15, 0.2) is 0 Å². The molecular weight excluding hydrogens is 295 g/mol. The molecule has 0 unspecified atom stereocenters. The highest BCUT2D eigenvalue weighted by Gasteiger charge is 2.29. The van der Waals surface area contributed by atoms with Crippen molar-refractivity contribution in [3.8, 4) is 0 Å². The number of benzene rings is 1. The third-order valence-electron chi connectivity index (χ3n) is 3.47. The molecule has 0 bridgehead atoms. The van der Waals surface area contributed by atoms with Crippen molar-refractivity contribution >= 4 is 5.91 Å². The second kappa shape index (κ2) is 7.63. The van der Waals surface area contributed by atoms with Gasteiger partial charge in [-0.05, 0) is 36.0 Å². The molecular formula is C16H22F3NO2.